The van der Waals surface area contributed by atoms with Gasteiger partial charge in [0.05, 0.1) is 10.5 Å². The first-order valence-corrected chi connectivity index (χ1v) is 12.9. The number of aryl methyl sites for hydroxylation is 1. The van der Waals surface area contributed by atoms with Crippen LogP contribution in [0.25, 0.3) is 10.9 Å². The Hall–Kier alpha value is -2.32. The van der Waals surface area contributed by atoms with E-state index >= 15 is 0 Å². The Kier molecular flexibility index (Phi) is 6.86. The minimum atomic E-state index is -4.72. The molecule has 1 fully saturated rings. The number of fused-ring (bicyclic) bond motifs is 1. The second-order valence-corrected chi connectivity index (χ2v) is 10.6. The van der Waals surface area contributed by atoms with E-state index in [0.717, 1.165) is 37.9 Å². The summed E-state index contributed by atoms with van der Waals surface area (Å²) in [4.78, 5) is -0.663. The van der Waals surface area contributed by atoms with Gasteiger partial charge in [0.15, 0.2) is 0 Å². The molecule has 178 valence electrons. The summed E-state index contributed by atoms with van der Waals surface area (Å²) in [7, 11) is -4.23. The number of nitrogens with zero attached hydrogens (tertiary/aromatic N) is 2. The summed E-state index contributed by atoms with van der Waals surface area (Å²) in [6.07, 6.45) is 2.04. The van der Waals surface area contributed by atoms with E-state index in [1.54, 1.807) is 0 Å². The van der Waals surface area contributed by atoms with Gasteiger partial charge in [-0.1, -0.05) is 50.1 Å². The van der Waals surface area contributed by atoms with E-state index in [-0.39, 0.29) is 19.0 Å². The van der Waals surface area contributed by atoms with Gasteiger partial charge in [-0.25, -0.2) is 8.42 Å². The summed E-state index contributed by atoms with van der Waals surface area (Å²) in [5.74, 6) is 0.173. The summed E-state index contributed by atoms with van der Waals surface area (Å²) in [5.41, 5.74) is 1.27. The zero-order chi connectivity index (χ0) is 23.6. The molecule has 1 aromatic heterocycles. The minimum absolute atomic E-state index is 0.173. The average Bonchev–Trinajstić information content (AvgIpc) is 3.17. The number of benzene rings is 2. The fourth-order valence-corrected chi connectivity index (χ4v) is 6.47. The average molecular weight is 479 g/mol. The van der Waals surface area contributed by atoms with Crippen molar-refractivity contribution in [3.05, 3.63) is 65.9 Å². The van der Waals surface area contributed by atoms with E-state index in [1.165, 1.54) is 32.9 Å². The van der Waals surface area contributed by atoms with Gasteiger partial charge < -0.3 is 4.57 Å². The van der Waals surface area contributed by atoms with Crippen LogP contribution in [0.15, 0.2) is 59.6 Å². The highest BCUT2D eigenvalue weighted by Crippen LogP contribution is 2.38. The topological polar surface area (TPSA) is 42.3 Å². The molecule has 0 N–H and O–H groups in total. The molecule has 0 bridgehead atoms. The van der Waals surface area contributed by atoms with Crippen LogP contribution in [-0.4, -0.2) is 30.4 Å². The first kappa shape index (κ1) is 23.8. The third kappa shape index (κ3) is 4.82. The smallest absolute Gasteiger partial charge is 0.347 e. The summed E-state index contributed by atoms with van der Waals surface area (Å²) < 4.78 is 69.9. The van der Waals surface area contributed by atoms with Crippen molar-refractivity contribution in [3.8, 4) is 0 Å². The highest BCUT2D eigenvalue weighted by Gasteiger charge is 2.39. The lowest BCUT2D eigenvalue weighted by molar-refractivity contribution is -0.139. The van der Waals surface area contributed by atoms with Gasteiger partial charge in [-0.3, -0.25) is 0 Å². The standard InChI is InChI=1S/C25H29F3N2O2S/c1-2-3-8-15-29-18-21(20-9-4-6-11-23(20)29)19-13-16-30(17-14-19)33(31,32)24-12-7-5-10-22(24)25(26,27)28/h4-7,9-12,18-19H,2-3,8,13-17H2,1H3. The number of hydrogen-bond donors (Lipinski definition) is 0. The van der Waals surface area contributed by atoms with Crippen LogP contribution >= 0.6 is 0 Å². The Morgan fingerprint density at radius 2 is 1.64 bits per heavy atom. The molecule has 33 heavy (non-hydrogen) atoms. The summed E-state index contributed by atoms with van der Waals surface area (Å²) in [5, 5.41) is 1.18. The third-order valence-corrected chi connectivity index (χ3v) is 8.48. The van der Waals surface area contributed by atoms with Crippen molar-refractivity contribution in [1.82, 2.24) is 8.87 Å². The maximum atomic E-state index is 13.4. The van der Waals surface area contributed by atoms with Crippen LogP contribution in [0.4, 0.5) is 13.2 Å². The van der Waals surface area contributed by atoms with Gasteiger partial charge in [0.2, 0.25) is 10.0 Å². The Morgan fingerprint density at radius 3 is 2.33 bits per heavy atom. The highest BCUT2D eigenvalue weighted by atomic mass is 32.2. The van der Waals surface area contributed by atoms with Crippen LogP contribution in [0.5, 0.6) is 0 Å². The third-order valence-electron chi connectivity index (χ3n) is 6.53. The van der Waals surface area contributed by atoms with Crippen LogP contribution in [0.3, 0.4) is 0 Å². The van der Waals surface area contributed by atoms with Crippen molar-refractivity contribution in [2.45, 2.75) is 62.6 Å². The SMILES string of the molecule is CCCCCn1cc(C2CCN(S(=O)(=O)c3ccccc3C(F)(F)F)CC2)c2ccccc21. The largest absolute Gasteiger partial charge is 0.417 e. The molecule has 1 saturated heterocycles. The van der Waals surface area contributed by atoms with E-state index < -0.39 is 26.7 Å². The minimum Gasteiger partial charge on any atom is -0.347 e. The first-order valence-electron chi connectivity index (χ1n) is 11.5. The molecular weight excluding hydrogens is 449 g/mol. The van der Waals surface area contributed by atoms with Gasteiger partial charge in [0, 0.05) is 36.7 Å². The molecule has 4 nitrogen and oxygen atoms in total. The molecule has 0 radical (unpaired) electrons. The molecule has 0 spiro atoms. The molecule has 2 heterocycles. The fourth-order valence-electron chi connectivity index (χ4n) is 4.79. The van der Waals surface area contributed by atoms with Crippen molar-refractivity contribution < 1.29 is 21.6 Å². The van der Waals surface area contributed by atoms with Crippen LogP contribution in [-0.2, 0) is 22.7 Å². The van der Waals surface area contributed by atoms with Crippen molar-refractivity contribution >= 4 is 20.9 Å². The number of aromatic nitrogens is 1. The Labute approximate surface area is 193 Å². The van der Waals surface area contributed by atoms with Gasteiger partial charge in [-0.05, 0) is 48.9 Å². The molecule has 0 unspecified atom stereocenters. The van der Waals surface area contributed by atoms with Crippen molar-refractivity contribution in [1.29, 1.82) is 0 Å². The summed E-state index contributed by atoms with van der Waals surface area (Å²) in [6, 6.07) is 12.7. The molecule has 4 rings (SSSR count). The fraction of sp³-hybridized carbons (Fsp3) is 0.440. The number of alkyl halides is 3. The first-order chi connectivity index (χ1) is 15.7. The Balaban J connectivity index is 1.55. The second kappa shape index (κ2) is 9.50. The molecular formula is C25H29F3N2O2S. The van der Waals surface area contributed by atoms with Gasteiger partial charge in [-0.2, -0.15) is 17.5 Å². The van der Waals surface area contributed by atoms with Crippen molar-refractivity contribution in [2.75, 3.05) is 13.1 Å². The maximum absolute atomic E-state index is 13.4. The lowest BCUT2D eigenvalue weighted by Crippen LogP contribution is -2.38. The highest BCUT2D eigenvalue weighted by molar-refractivity contribution is 7.89. The van der Waals surface area contributed by atoms with Crippen molar-refractivity contribution in [2.24, 2.45) is 0 Å². The molecule has 8 heteroatoms. The quantitative estimate of drug-likeness (QED) is 0.368. The number of hydrogen-bond acceptors (Lipinski definition) is 2. The predicted molar refractivity (Wildman–Crippen MR) is 124 cm³/mol. The maximum Gasteiger partial charge on any atom is 0.417 e. The normalized spacial score (nSPS) is 16.5. The summed E-state index contributed by atoms with van der Waals surface area (Å²) >= 11 is 0. The molecule has 0 amide bonds. The second-order valence-electron chi connectivity index (χ2n) is 8.67. The van der Waals surface area contributed by atoms with Gasteiger partial charge in [0.25, 0.3) is 0 Å². The van der Waals surface area contributed by atoms with Gasteiger partial charge in [0.1, 0.15) is 0 Å². The van der Waals surface area contributed by atoms with E-state index in [0.29, 0.717) is 12.8 Å². The number of piperidine rings is 1. The van der Waals surface area contributed by atoms with Crippen LogP contribution in [0.1, 0.15) is 56.1 Å². The van der Waals surface area contributed by atoms with E-state index in [4.69, 9.17) is 0 Å². The lowest BCUT2D eigenvalue weighted by Gasteiger charge is -2.31. The van der Waals surface area contributed by atoms with Crippen LogP contribution in [0, 0.1) is 0 Å². The zero-order valence-corrected chi connectivity index (χ0v) is 19.5. The number of halogens is 3. The van der Waals surface area contributed by atoms with Gasteiger partial charge >= 0.3 is 6.18 Å². The van der Waals surface area contributed by atoms with E-state index in [9.17, 15) is 21.6 Å². The van der Waals surface area contributed by atoms with Crippen LogP contribution < -0.4 is 0 Å². The number of para-hydroxylation sites is 1. The zero-order valence-electron chi connectivity index (χ0n) is 18.7. The Morgan fingerprint density at radius 1 is 0.970 bits per heavy atom. The Bertz CT molecular complexity index is 1210. The number of unbranched alkanes of at least 4 members (excludes halogenated alkanes) is 2. The lowest BCUT2D eigenvalue weighted by atomic mass is 9.90. The molecule has 3 aromatic rings. The monoisotopic (exact) mass is 478 g/mol. The summed E-state index contributed by atoms with van der Waals surface area (Å²) in [6.45, 7) is 3.52. The molecule has 1 aliphatic rings. The van der Waals surface area contributed by atoms with Crippen molar-refractivity contribution in [3.63, 3.8) is 0 Å². The number of sulfonamides is 1. The number of rotatable bonds is 7. The van der Waals surface area contributed by atoms with Gasteiger partial charge in [-0.15, -0.1) is 0 Å². The molecule has 1 aliphatic heterocycles. The molecule has 0 aliphatic carbocycles. The van der Waals surface area contributed by atoms with E-state index in [2.05, 4.69) is 29.8 Å². The van der Waals surface area contributed by atoms with Crippen LogP contribution in [0.2, 0.25) is 0 Å². The molecule has 2 aromatic carbocycles. The molecule has 0 saturated carbocycles. The predicted octanol–water partition coefficient (Wildman–Crippen LogP) is 6.42. The molecule has 0 atom stereocenters. The van der Waals surface area contributed by atoms with E-state index in [1.807, 2.05) is 12.1 Å².